The highest BCUT2D eigenvalue weighted by atomic mass is 19.4. The molecule has 0 aliphatic heterocycles. The number of fused-ring (bicyclic) bond motifs is 1. The number of amides is 1. The van der Waals surface area contributed by atoms with Crippen molar-refractivity contribution in [1.29, 1.82) is 0 Å². The molecule has 0 fully saturated rings. The monoisotopic (exact) mass is 464 g/mol. The Bertz CT molecular complexity index is 1390. The van der Waals surface area contributed by atoms with Crippen molar-refractivity contribution in [1.82, 2.24) is 9.97 Å². The first-order valence-electron chi connectivity index (χ1n) is 10.2. The van der Waals surface area contributed by atoms with Crippen LogP contribution in [0, 0.1) is 6.92 Å². The van der Waals surface area contributed by atoms with E-state index in [1.165, 1.54) is 30.5 Å². The number of nitrogens with zero attached hydrogens (tertiary/aromatic N) is 2. The molecule has 1 amide bonds. The standard InChI is InChI=1S/C25H19F3N4O2/c1-14-7-8-30-12-18(14)16-9-17-11-21(31-13-19(17)20(29)10-16)32-24(34)23(33)22(25(26,27)28)15-5-3-2-4-6-15/h2-13,22H,29H2,1H3,(H,31,32,34). The first kappa shape index (κ1) is 22.9. The third-order valence-electron chi connectivity index (χ3n) is 5.41. The predicted molar refractivity (Wildman–Crippen MR) is 123 cm³/mol. The minimum absolute atomic E-state index is 0.0701. The van der Waals surface area contributed by atoms with E-state index in [1.54, 1.807) is 24.5 Å². The fourth-order valence-corrected chi connectivity index (χ4v) is 3.72. The van der Waals surface area contributed by atoms with Gasteiger partial charge in [0.2, 0.25) is 5.78 Å². The second-order valence-corrected chi connectivity index (χ2v) is 7.75. The Labute approximate surface area is 192 Å². The van der Waals surface area contributed by atoms with Crippen LogP contribution < -0.4 is 11.1 Å². The number of carbonyl (C=O) groups is 2. The Hall–Kier alpha value is -4.27. The first-order valence-corrected chi connectivity index (χ1v) is 10.2. The summed E-state index contributed by atoms with van der Waals surface area (Å²) < 4.78 is 40.8. The van der Waals surface area contributed by atoms with E-state index in [-0.39, 0.29) is 11.4 Å². The van der Waals surface area contributed by atoms with Crippen molar-refractivity contribution in [2.45, 2.75) is 19.0 Å². The molecule has 2 aromatic carbocycles. The van der Waals surface area contributed by atoms with Crippen molar-refractivity contribution < 1.29 is 22.8 Å². The zero-order valence-electron chi connectivity index (χ0n) is 17.9. The second-order valence-electron chi connectivity index (χ2n) is 7.75. The van der Waals surface area contributed by atoms with Crippen LogP contribution in [-0.4, -0.2) is 27.8 Å². The number of rotatable bonds is 5. The number of nitrogen functional groups attached to an aromatic ring is 1. The van der Waals surface area contributed by atoms with E-state index in [1.807, 2.05) is 13.0 Å². The highest BCUT2D eigenvalue weighted by Crippen LogP contribution is 2.36. The number of benzene rings is 2. The van der Waals surface area contributed by atoms with Crippen LogP contribution in [0.3, 0.4) is 0 Å². The number of anilines is 2. The van der Waals surface area contributed by atoms with Gasteiger partial charge in [-0.15, -0.1) is 0 Å². The summed E-state index contributed by atoms with van der Waals surface area (Å²) in [4.78, 5) is 33.2. The van der Waals surface area contributed by atoms with Gasteiger partial charge in [0.15, 0.2) is 0 Å². The number of nitrogens with two attached hydrogens (primary N) is 1. The number of halogens is 3. The Balaban J connectivity index is 1.65. The van der Waals surface area contributed by atoms with Crippen molar-refractivity contribution in [3.05, 3.63) is 84.3 Å². The average Bonchev–Trinajstić information content (AvgIpc) is 2.79. The highest BCUT2D eigenvalue weighted by molar-refractivity contribution is 6.42. The van der Waals surface area contributed by atoms with E-state index in [4.69, 9.17) is 5.73 Å². The van der Waals surface area contributed by atoms with Crippen LogP contribution in [0.2, 0.25) is 0 Å². The normalized spacial score (nSPS) is 12.4. The summed E-state index contributed by atoms with van der Waals surface area (Å²) in [5.41, 5.74) is 8.88. The number of alkyl halides is 3. The maximum absolute atomic E-state index is 13.6. The molecule has 9 heteroatoms. The Kier molecular flexibility index (Phi) is 6.02. The molecule has 4 rings (SSSR count). The molecule has 0 bridgehead atoms. The third kappa shape index (κ3) is 4.59. The number of hydrogen-bond acceptors (Lipinski definition) is 5. The zero-order chi connectivity index (χ0) is 24.5. The van der Waals surface area contributed by atoms with Crippen molar-refractivity contribution in [2.24, 2.45) is 0 Å². The van der Waals surface area contributed by atoms with Crippen LogP contribution in [0.5, 0.6) is 0 Å². The molecule has 0 aliphatic rings. The van der Waals surface area contributed by atoms with Gasteiger partial charge < -0.3 is 11.1 Å². The number of carbonyl (C=O) groups excluding carboxylic acids is 2. The lowest BCUT2D eigenvalue weighted by Gasteiger charge is -2.19. The van der Waals surface area contributed by atoms with Gasteiger partial charge in [0.1, 0.15) is 11.7 Å². The molecule has 1 unspecified atom stereocenters. The first-order chi connectivity index (χ1) is 16.1. The Morgan fingerprint density at radius 3 is 2.44 bits per heavy atom. The van der Waals surface area contributed by atoms with E-state index in [0.29, 0.717) is 16.5 Å². The number of aromatic nitrogens is 2. The molecule has 0 saturated carbocycles. The van der Waals surface area contributed by atoms with Crippen molar-refractivity contribution >= 4 is 34.0 Å². The largest absolute Gasteiger partial charge is 0.403 e. The minimum atomic E-state index is -4.93. The fraction of sp³-hybridized carbons (Fsp3) is 0.120. The fourth-order valence-electron chi connectivity index (χ4n) is 3.72. The maximum Gasteiger partial charge on any atom is 0.403 e. The summed E-state index contributed by atoms with van der Waals surface area (Å²) in [6.45, 7) is 1.92. The number of ketones is 1. The van der Waals surface area contributed by atoms with E-state index in [9.17, 15) is 22.8 Å². The molecule has 2 aromatic heterocycles. The summed E-state index contributed by atoms with van der Waals surface area (Å²) in [6, 6.07) is 13.5. The topological polar surface area (TPSA) is 98.0 Å². The molecule has 6 nitrogen and oxygen atoms in total. The lowest BCUT2D eigenvalue weighted by molar-refractivity contribution is -0.166. The van der Waals surface area contributed by atoms with Crippen molar-refractivity contribution in [3.8, 4) is 11.1 Å². The Morgan fingerprint density at radius 2 is 1.76 bits per heavy atom. The number of hydrogen-bond donors (Lipinski definition) is 2. The van der Waals surface area contributed by atoms with Crippen LogP contribution in [-0.2, 0) is 9.59 Å². The van der Waals surface area contributed by atoms with Gasteiger partial charge in [-0.2, -0.15) is 13.2 Å². The summed E-state index contributed by atoms with van der Waals surface area (Å²) >= 11 is 0. The summed E-state index contributed by atoms with van der Waals surface area (Å²) in [5, 5.41) is 3.37. The van der Waals surface area contributed by atoms with Crippen LogP contribution in [0.1, 0.15) is 17.0 Å². The van der Waals surface area contributed by atoms with E-state index in [2.05, 4.69) is 15.3 Å². The quantitative estimate of drug-likeness (QED) is 0.319. The average molecular weight is 464 g/mol. The lowest BCUT2D eigenvalue weighted by atomic mass is 9.93. The molecule has 4 aromatic rings. The van der Waals surface area contributed by atoms with Gasteiger partial charge in [0.25, 0.3) is 5.91 Å². The number of Topliss-reactive ketones (excluding diaryl/α,β-unsaturated/α-hetero) is 1. The van der Waals surface area contributed by atoms with E-state index in [0.717, 1.165) is 28.8 Å². The van der Waals surface area contributed by atoms with Gasteiger partial charge >= 0.3 is 6.18 Å². The zero-order valence-corrected chi connectivity index (χ0v) is 17.9. The SMILES string of the molecule is Cc1ccncc1-c1cc(N)c2cnc(NC(=O)C(=O)C(c3ccccc3)C(F)(F)F)cc2c1. The molecule has 1 atom stereocenters. The maximum atomic E-state index is 13.6. The summed E-state index contributed by atoms with van der Waals surface area (Å²) in [6.07, 6.45) is -0.179. The molecular weight excluding hydrogens is 445 g/mol. The van der Waals surface area contributed by atoms with Gasteiger partial charge in [-0.05, 0) is 53.3 Å². The van der Waals surface area contributed by atoms with Gasteiger partial charge in [0, 0.05) is 35.2 Å². The number of aryl methyl sites for hydroxylation is 1. The smallest absolute Gasteiger partial charge is 0.398 e. The molecular formula is C25H19F3N4O2. The molecule has 0 aliphatic carbocycles. The summed E-state index contributed by atoms with van der Waals surface area (Å²) in [5.74, 6) is -5.69. The number of pyridine rings is 2. The molecule has 0 radical (unpaired) electrons. The minimum Gasteiger partial charge on any atom is -0.398 e. The van der Waals surface area contributed by atoms with Crippen LogP contribution in [0.25, 0.3) is 21.9 Å². The molecule has 0 spiro atoms. The molecule has 2 heterocycles. The van der Waals surface area contributed by atoms with Gasteiger partial charge in [-0.1, -0.05) is 30.3 Å². The number of nitrogens with one attached hydrogen (secondary N) is 1. The second kappa shape index (κ2) is 8.93. The van der Waals surface area contributed by atoms with Crippen molar-refractivity contribution in [3.63, 3.8) is 0 Å². The lowest BCUT2D eigenvalue weighted by Crippen LogP contribution is -2.36. The van der Waals surface area contributed by atoms with Crippen LogP contribution in [0.15, 0.2) is 73.2 Å². The Morgan fingerprint density at radius 1 is 1.03 bits per heavy atom. The van der Waals surface area contributed by atoms with Crippen LogP contribution in [0.4, 0.5) is 24.7 Å². The summed E-state index contributed by atoms with van der Waals surface area (Å²) in [7, 11) is 0. The van der Waals surface area contributed by atoms with Crippen molar-refractivity contribution in [2.75, 3.05) is 11.1 Å². The molecule has 0 saturated heterocycles. The molecule has 3 N–H and O–H groups in total. The predicted octanol–water partition coefficient (Wildman–Crippen LogP) is 5.04. The van der Waals surface area contributed by atoms with Gasteiger partial charge in [-0.3, -0.25) is 14.6 Å². The van der Waals surface area contributed by atoms with Gasteiger partial charge in [-0.25, -0.2) is 4.98 Å². The molecule has 172 valence electrons. The highest BCUT2D eigenvalue weighted by Gasteiger charge is 2.48. The molecule has 34 heavy (non-hydrogen) atoms. The third-order valence-corrected chi connectivity index (χ3v) is 5.41. The van der Waals surface area contributed by atoms with Gasteiger partial charge in [0.05, 0.1) is 0 Å². The van der Waals surface area contributed by atoms with E-state index >= 15 is 0 Å². The van der Waals surface area contributed by atoms with Crippen LogP contribution >= 0.6 is 0 Å². The van der Waals surface area contributed by atoms with E-state index < -0.39 is 23.8 Å².